The first kappa shape index (κ1) is 13.4. The fourth-order valence-electron chi connectivity index (χ4n) is 3.91. The molecule has 0 aliphatic heterocycles. The van der Waals surface area contributed by atoms with Crippen LogP contribution in [-0.4, -0.2) is 16.3 Å². The summed E-state index contributed by atoms with van der Waals surface area (Å²) >= 11 is 3.79. The lowest BCUT2D eigenvalue weighted by molar-refractivity contribution is -0.163. The summed E-state index contributed by atoms with van der Waals surface area (Å²) in [7, 11) is 0. The van der Waals surface area contributed by atoms with E-state index in [0.29, 0.717) is 4.83 Å². The predicted molar refractivity (Wildman–Crippen MR) is 74.2 cm³/mol. The van der Waals surface area contributed by atoms with Crippen LogP contribution in [0.4, 0.5) is 0 Å². The molecule has 3 aliphatic rings. The van der Waals surface area contributed by atoms with E-state index in [1.165, 1.54) is 0 Å². The highest BCUT2D eigenvalue weighted by atomic mass is 79.9. The van der Waals surface area contributed by atoms with Gasteiger partial charge in [0.25, 0.3) is 0 Å². The van der Waals surface area contributed by atoms with Crippen molar-refractivity contribution in [3.05, 3.63) is 0 Å². The van der Waals surface area contributed by atoms with E-state index in [1.54, 1.807) is 0 Å². The number of fused-ring (bicyclic) bond motifs is 1. The van der Waals surface area contributed by atoms with Crippen LogP contribution in [0.25, 0.3) is 0 Å². The summed E-state index contributed by atoms with van der Waals surface area (Å²) in [4.78, 5) is 13.0. The van der Waals surface area contributed by atoms with E-state index < -0.39 is 0 Å². The normalized spacial score (nSPS) is 43.1. The van der Waals surface area contributed by atoms with Crippen molar-refractivity contribution in [1.29, 1.82) is 0 Å². The van der Waals surface area contributed by atoms with E-state index in [4.69, 9.17) is 0 Å². The molecule has 98 valence electrons. The molecule has 0 heterocycles. The molecule has 3 rings (SSSR count). The van der Waals surface area contributed by atoms with Crippen molar-refractivity contribution in [1.82, 2.24) is 5.32 Å². The molecule has 3 fully saturated rings. The maximum Gasteiger partial charge on any atom is 0.228 e. The van der Waals surface area contributed by atoms with Gasteiger partial charge in [-0.25, -0.2) is 0 Å². The number of amides is 1. The minimum atomic E-state index is -0.213. The van der Waals surface area contributed by atoms with Crippen LogP contribution < -0.4 is 5.32 Å². The lowest BCUT2D eigenvalue weighted by Gasteiger charge is -2.64. The molecule has 2 nitrogen and oxygen atoms in total. The monoisotopic (exact) mass is 301 g/mol. The molecular formula is C14H24BrNO. The summed E-state index contributed by atoms with van der Waals surface area (Å²) < 4.78 is 0. The van der Waals surface area contributed by atoms with Crippen molar-refractivity contribution in [2.45, 2.75) is 64.8 Å². The Kier molecular flexibility index (Phi) is 2.58. The average molecular weight is 302 g/mol. The van der Waals surface area contributed by atoms with E-state index in [9.17, 15) is 4.79 Å². The van der Waals surface area contributed by atoms with Crippen LogP contribution in [-0.2, 0) is 4.79 Å². The maximum atomic E-state index is 12.6. The van der Waals surface area contributed by atoms with Crippen LogP contribution in [0, 0.1) is 16.2 Å². The molecule has 0 aromatic rings. The van der Waals surface area contributed by atoms with Crippen LogP contribution in [0.15, 0.2) is 0 Å². The second-order valence-corrected chi connectivity index (χ2v) is 8.50. The third kappa shape index (κ3) is 1.35. The Bertz CT molecular complexity index is 371. The van der Waals surface area contributed by atoms with Crippen LogP contribution >= 0.6 is 15.9 Å². The summed E-state index contributed by atoms with van der Waals surface area (Å²) in [5.74, 6) is 0.229. The zero-order valence-corrected chi connectivity index (χ0v) is 13.4. The lowest BCUT2D eigenvalue weighted by atomic mass is 9.43. The van der Waals surface area contributed by atoms with Crippen molar-refractivity contribution in [2.24, 2.45) is 16.2 Å². The van der Waals surface area contributed by atoms with Gasteiger partial charge in [0.1, 0.15) is 0 Å². The van der Waals surface area contributed by atoms with Gasteiger partial charge in [-0.2, -0.15) is 0 Å². The molecule has 0 radical (unpaired) electrons. The Labute approximate surface area is 113 Å². The van der Waals surface area contributed by atoms with Crippen molar-refractivity contribution in [3.8, 4) is 0 Å². The van der Waals surface area contributed by atoms with E-state index in [2.05, 4.69) is 42.0 Å². The van der Waals surface area contributed by atoms with Crippen LogP contribution in [0.2, 0.25) is 0 Å². The van der Waals surface area contributed by atoms with Crippen molar-refractivity contribution in [3.63, 3.8) is 0 Å². The summed E-state index contributed by atoms with van der Waals surface area (Å²) in [5, 5.41) is 3.17. The number of carbonyl (C=O) groups excluding carboxylic acids is 1. The van der Waals surface area contributed by atoms with Crippen LogP contribution in [0.3, 0.4) is 0 Å². The Morgan fingerprint density at radius 2 is 1.76 bits per heavy atom. The van der Waals surface area contributed by atoms with Crippen molar-refractivity contribution < 1.29 is 4.79 Å². The van der Waals surface area contributed by atoms with Gasteiger partial charge in [-0.3, -0.25) is 4.79 Å². The average Bonchev–Trinajstić information content (AvgIpc) is 2.51. The maximum absolute atomic E-state index is 12.6. The number of alkyl halides is 1. The SMILES string of the molecule is CC(C)(C)NC(=O)C12CCC(C)(C1Br)C2(C)C. The molecule has 2 bridgehead atoms. The number of nitrogens with one attached hydrogen (secondary N) is 1. The van der Waals surface area contributed by atoms with Crippen LogP contribution in [0.5, 0.6) is 0 Å². The minimum absolute atomic E-state index is 0.0868. The molecule has 3 atom stereocenters. The van der Waals surface area contributed by atoms with Gasteiger partial charge >= 0.3 is 0 Å². The highest BCUT2D eigenvalue weighted by Crippen LogP contribution is 2.79. The van der Waals surface area contributed by atoms with Gasteiger partial charge in [-0.1, -0.05) is 36.7 Å². The number of hydrogen-bond acceptors (Lipinski definition) is 1. The number of halogens is 1. The Balaban J connectivity index is 2.30. The molecule has 0 spiro atoms. The van der Waals surface area contributed by atoms with Gasteiger partial charge in [0, 0.05) is 10.4 Å². The predicted octanol–water partition coefficient (Wildman–Crippen LogP) is 3.49. The van der Waals surface area contributed by atoms with Gasteiger partial charge in [0.15, 0.2) is 0 Å². The first-order valence-electron chi connectivity index (χ1n) is 6.46. The second kappa shape index (κ2) is 3.28. The Hall–Kier alpha value is -0.0500. The highest BCUT2D eigenvalue weighted by Gasteiger charge is 2.80. The van der Waals surface area contributed by atoms with Crippen molar-refractivity contribution in [2.75, 3.05) is 0 Å². The number of rotatable bonds is 1. The summed E-state index contributed by atoms with van der Waals surface area (Å²) in [6.07, 6.45) is 2.15. The summed E-state index contributed by atoms with van der Waals surface area (Å²) in [6, 6.07) is 0. The van der Waals surface area contributed by atoms with Crippen molar-refractivity contribution >= 4 is 21.8 Å². The first-order chi connectivity index (χ1) is 7.49. The summed E-state index contributed by atoms with van der Waals surface area (Å²) in [5.41, 5.74) is -0.00995. The highest BCUT2D eigenvalue weighted by molar-refractivity contribution is 9.09. The van der Waals surface area contributed by atoms with Gasteiger partial charge in [-0.05, 0) is 44.4 Å². The topological polar surface area (TPSA) is 29.1 Å². The molecular weight excluding hydrogens is 278 g/mol. The van der Waals surface area contributed by atoms with Gasteiger partial charge in [0.05, 0.1) is 5.41 Å². The third-order valence-corrected chi connectivity index (χ3v) is 7.26. The fraction of sp³-hybridized carbons (Fsp3) is 0.929. The van der Waals surface area contributed by atoms with Gasteiger partial charge < -0.3 is 5.32 Å². The molecule has 3 aliphatic carbocycles. The summed E-state index contributed by atoms with van der Waals surface area (Å²) in [6.45, 7) is 12.9. The van der Waals surface area contributed by atoms with E-state index in [1.807, 2.05) is 20.8 Å². The molecule has 17 heavy (non-hydrogen) atoms. The lowest BCUT2D eigenvalue weighted by Crippen LogP contribution is -2.70. The standard InChI is InChI=1S/C14H24BrNO/c1-11(2,3)16-10(17)14-8-7-13(6,9(14)15)12(14,4)5/h9H,7-8H2,1-6H3,(H,16,17). The van der Waals surface area contributed by atoms with E-state index >= 15 is 0 Å². The van der Waals surface area contributed by atoms with Gasteiger partial charge in [-0.15, -0.1) is 0 Å². The number of hydrogen-bond donors (Lipinski definition) is 1. The second-order valence-electron chi connectivity index (χ2n) is 7.58. The zero-order valence-electron chi connectivity index (χ0n) is 11.8. The van der Waals surface area contributed by atoms with Gasteiger partial charge in [0.2, 0.25) is 5.91 Å². The largest absolute Gasteiger partial charge is 0.351 e. The Morgan fingerprint density at radius 3 is 2.06 bits per heavy atom. The first-order valence-corrected chi connectivity index (χ1v) is 7.37. The molecule has 1 N–H and O–H groups in total. The molecule has 1 amide bonds. The third-order valence-electron chi connectivity index (χ3n) is 5.47. The molecule has 3 unspecified atom stereocenters. The fourth-order valence-corrected chi connectivity index (χ4v) is 5.72. The minimum Gasteiger partial charge on any atom is -0.351 e. The van der Waals surface area contributed by atoms with E-state index in [-0.39, 0.29) is 27.7 Å². The zero-order chi connectivity index (χ0) is 13.3. The molecule has 3 heteroatoms. The molecule has 0 aromatic heterocycles. The molecule has 0 aromatic carbocycles. The molecule has 0 saturated heterocycles. The Morgan fingerprint density at radius 1 is 1.24 bits per heavy atom. The van der Waals surface area contributed by atoms with E-state index in [0.717, 1.165) is 12.8 Å². The quantitative estimate of drug-likeness (QED) is 0.738. The van der Waals surface area contributed by atoms with Crippen LogP contribution in [0.1, 0.15) is 54.4 Å². The smallest absolute Gasteiger partial charge is 0.228 e. The molecule has 3 saturated carbocycles. The number of carbonyl (C=O) groups is 1.